The summed E-state index contributed by atoms with van der Waals surface area (Å²) < 4.78 is 23.1. The normalized spacial score (nSPS) is 13.7. The average Bonchev–Trinajstić information content (AvgIpc) is 2.39. The quantitative estimate of drug-likeness (QED) is 0.362. The van der Waals surface area contributed by atoms with Crippen molar-refractivity contribution in [3.05, 3.63) is 58.6 Å². The molecule has 1 unspecified atom stereocenters. The van der Waals surface area contributed by atoms with E-state index in [1.54, 1.807) is 12.1 Å². The molecule has 0 aliphatic rings. The Kier molecular flexibility index (Phi) is 3.46. The van der Waals surface area contributed by atoms with Crippen LogP contribution in [-0.4, -0.2) is 22.9 Å². The Bertz CT molecular complexity index is 652. The number of nitrogens with two attached hydrogens (primary N) is 1. The minimum absolute atomic E-state index is 0.114. The minimum atomic E-state index is -4.44. The van der Waals surface area contributed by atoms with Gasteiger partial charge in [0, 0.05) is 0 Å². The molecule has 2 aromatic rings. The van der Waals surface area contributed by atoms with Gasteiger partial charge in [-0.15, -0.1) is 0 Å². The van der Waals surface area contributed by atoms with Gasteiger partial charge >= 0.3 is 111 Å². The summed E-state index contributed by atoms with van der Waals surface area (Å²) in [6.45, 7) is 0. The SMILES string of the molecule is Nc1ccc([As](=O)(O)c2ccc([N+](=O)[O-])cc2)cc1. The van der Waals surface area contributed by atoms with E-state index in [0.29, 0.717) is 10.0 Å². The molecule has 0 aliphatic heterocycles. The van der Waals surface area contributed by atoms with E-state index in [1.165, 1.54) is 36.4 Å². The Morgan fingerprint density at radius 3 is 1.84 bits per heavy atom. The molecular weight excluding hydrogens is 311 g/mol. The fraction of sp³-hybridized carbons (Fsp3) is 0. The predicted octanol–water partition coefficient (Wildman–Crippen LogP) is 0.156. The van der Waals surface area contributed by atoms with E-state index in [-0.39, 0.29) is 10.0 Å². The molecule has 0 radical (unpaired) electrons. The van der Waals surface area contributed by atoms with Crippen molar-refractivity contribution in [1.29, 1.82) is 0 Å². The Morgan fingerprint density at radius 2 is 1.42 bits per heavy atom. The van der Waals surface area contributed by atoms with Crippen LogP contribution < -0.4 is 14.4 Å². The van der Waals surface area contributed by atoms with Crippen LogP contribution in [0.15, 0.2) is 48.5 Å². The molecule has 0 heterocycles. The van der Waals surface area contributed by atoms with E-state index < -0.39 is 18.8 Å². The number of nitro groups is 1. The zero-order chi connectivity index (χ0) is 14.0. The third-order valence-corrected chi connectivity index (χ3v) is 6.84. The molecule has 6 nitrogen and oxygen atoms in total. The molecule has 0 saturated carbocycles. The average molecular weight is 322 g/mol. The second-order valence-corrected chi connectivity index (χ2v) is 8.53. The standard InChI is InChI=1S/C12H11AsN2O4/c14-11-5-1-9(2-6-11)13(16,17)10-3-7-12(8-4-10)15(18)19/h1-8H,14H2,(H,16,17). The summed E-state index contributed by atoms with van der Waals surface area (Å²) in [5.41, 5.74) is 5.91. The molecule has 3 N–H and O–H groups in total. The van der Waals surface area contributed by atoms with Crippen LogP contribution in [0.5, 0.6) is 0 Å². The Hall–Kier alpha value is -2.04. The third kappa shape index (κ3) is 2.70. The number of nitrogens with zero attached hydrogens (tertiary/aromatic N) is 1. The topological polar surface area (TPSA) is 106 Å². The van der Waals surface area contributed by atoms with E-state index in [0.717, 1.165) is 0 Å². The van der Waals surface area contributed by atoms with Crippen LogP contribution >= 0.6 is 0 Å². The fourth-order valence-electron chi connectivity index (χ4n) is 1.60. The Balaban J connectivity index is 2.41. The molecule has 2 aromatic carbocycles. The first-order chi connectivity index (χ1) is 8.91. The summed E-state index contributed by atoms with van der Waals surface area (Å²) >= 11 is -4.44. The van der Waals surface area contributed by atoms with Gasteiger partial charge in [-0.3, -0.25) is 0 Å². The van der Waals surface area contributed by atoms with Gasteiger partial charge < -0.3 is 0 Å². The zero-order valence-electron chi connectivity index (χ0n) is 9.76. The maximum atomic E-state index is 12.4. The van der Waals surface area contributed by atoms with Gasteiger partial charge in [-0.1, -0.05) is 0 Å². The molecule has 0 amide bonds. The van der Waals surface area contributed by atoms with Crippen molar-refractivity contribution in [2.75, 3.05) is 5.73 Å². The Morgan fingerprint density at radius 1 is 1.00 bits per heavy atom. The first-order valence-corrected chi connectivity index (χ1v) is 8.83. The first kappa shape index (κ1) is 13.4. The molecule has 19 heavy (non-hydrogen) atoms. The van der Waals surface area contributed by atoms with Crippen molar-refractivity contribution >= 4 is 33.9 Å². The van der Waals surface area contributed by atoms with Crippen LogP contribution in [-0.2, 0) is 3.74 Å². The summed E-state index contributed by atoms with van der Waals surface area (Å²) in [7, 11) is 0. The second-order valence-electron chi connectivity index (χ2n) is 3.94. The van der Waals surface area contributed by atoms with Gasteiger partial charge in [-0.25, -0.2) is 0 Å². The molecular formula is C12H11AsN2O4. The molecule has 1 atom stereocenters. The van der Waals surface area contributed by atoms with Gasteiger partial charge in [-0.05, 0) is 0 Å². The molecule has 7 heteroatoms. The maximum absolute atomic E-state index is 12.4. The molecule has 0 spiro atoms. The fourth-order valence-corrected chi connectivity index (χ4v) is 4.55. The van der Waals surface area contributed by atoms with Gasteiger partial charge in [-0.2, -0.15) is 0 Å². The second kappa shape index (κ2) is 4.91. The Labute approximate surface area is 111 Å². The van der Waals surface area contributed by atoms with Crippen molar-refractivity contribution in [1.82, 2.24) is 0 Å². The van der Waals surface area contributed by atoms with Gasteiger partial charge in [0.1, 0.15) is 0 Å². The monoisotopic (exact) mass is 322 g/mol. The molecule has 98 valence electrons. The predicted molar refractivity (Wildman–Crippen MR) is 71.9 cm³/mol. The number of hydrogen-bond acceptors (Lipinski definition) is 4. The summed E-state index contributed by atoms with van der Waals surface area (Å²) in [4.78, 5) is 9.98. The molecule has 0 saturated heterocycles. The van der Waals surface area contributed by atoms with E-state index in [9.17, 15) is 17.9 Å². The molecule has 0 bridgehead atoms. The van der Waals surface area contributed by atoms with Crippen LogP contribution in [0.4, 0.5) is 11.4 Å². The number of benzene rings is 2. The van der Waals surface area contributed by atoms with E-state index >= 15 is 0 Å². The summed E-state index contributed by atoms with van der Waals surface area (Å²) in [5, 5.41) is 10.5. The van der Waals surface area contributed by atoms with Crippen molar-refractivity contribution in [2.24, 2.45) is 0 Å². The molecule has 0 aromatic heterocycles. The van der Waals surface area contributed by atoms with Gasteiger partial charge in [0.05, 0.1) is 0 Å². The third-order valence-electron chi connectivity index (χ3n) is 2.65. The number of hydrogen-bond donors (Lipinski definition) is 2. The molecule has 0 fully saturated rings. The van der Waals surface area contributed by atoms with Gasteiger partial charge in [0.25, 0.3) is 0 Å². The summed E-state index contributed by atoms with van der Waals surface area (Å²) in [6.07, 6.45) is 0. The van der Waals surface area contributed by atoms with Crippen molar-refractivity contribution in [3.63, 3.8) is 0 Å². The number of rotatable bonds is 3. The van der Waals surface area contributed by atoms with E-state index in [1.807, 2.05) is 0 Å². The number of non-ortho nitro benzene ring substituents is 1. The zero-order valence-corrected chi connectivity index (χ0v) is 11.6. The van der Waals surface area contributed by atoms with E-state index in [4.69, 9.17) is 5.73 Å². The van der Waals surface area contributed by atoms with Crippen molar-refractivity contribution < 1.29 is 12.8 Å². The first-order valence-electron chi connectivity index (χ1n) is 5.35. The number of anilines is 1. The van der Waals surface area contributed by atoms with Gasteiger partial charge in [0.2, 0.25) is 0 Å². The van der Waals surface area contributed by atoms with Crippen LogP contribution in [0.1, 0.15) is 0 Å². The van der Waals surface area contributed by atoms with Gasteiger partial charge in [0.15, 0.2) is 0 Å². The summed E-state index contributed by atoms with van der Waals surface area (Å²) in [6, 6.07) is 11.2. The molecule has 0 aliphatic carbocycles. The van der Waals surface area contributed by atoms with Crippen LogP contribution in [0.2, 0.25) is 0 Å². The molecule has 2 rings (SSSR count). The van der Waals surface area contributed by atoms with Crippen molar-refractivity contribution in [3.8, 4) is 0 Å². The van der Waals surface area contributed by atoms with Crippen LogP contribution in [0.3, 0.4) is 0 Å². The number of nitro benzene ring substituents is 1. The van der Waals surface area contributed by atoms with Crippen molar-refractivity contribution in [2.45, 2.75) is 0 Å². The number of nitrogen functional groups attached to an aromatic ring is 1. The summed E-state index contributed by atoms with van der Waals surface area (Å²) in [5.74, 6) is 0. The van der Waals surface area contributed by atoms with Crippen LogP contribution in [0, 0.1) is 10.1 Å². The van der Waals surface area contributed by atoms with E-state index in [2.05, 4.69) is 0 Å². The van der Waals surface area contributed by atoms with Crippen LogP contribution in [0.25, 0.3) is 0 Å².